The largest absolute Gasteiger partial charge is 0.451 e. The molecule has 0 bridgehead atoms. The summed E-state index contributed by atoms with van der Waals surface area (Å²) in [5.41, 5.74) is 0.240. The van der Waals surface area contributed by atoms with E-state index in [1.54, 1.807) is 12.1 Å². The second kappa shape index (κ2) is 8.39. The van der Waals surface area contributed by atoms with Crippen LogP contribution in [0, 0.1) is 11.6 Å². The highest BCUT2D eigenvalue weighted by atomic mass is 32.2. The molecule has 146 valence electrons. The first kappa shape index (κ1) is 19.8. The zero-order valence-corrected chi connectivity index (χ0v) is 15.6. The van der Waals surface area contributed by atoms with E-state index >= 15 is 0 Å². The highest BCUT2D eigenvalue weighted by Gasteiger charge is 2.28. The van der Waals surface area contributed by atoms with Crippen molar-refractivity contribution in [2.75, 3.05) is 22.5 Å². The van der Waals surface area contributed by atoms with Gasteiger partial charge in [-0.05, 0) is 31.2 Å². The Morgan fingerprint density at radius 3 is 2.79 bits per heavy atom. The number of hydrogen-bond acceptors (Lipinski definition) is 5. The lowest BCUT2D eigenvalue weighted by molar-refractivity contribution is -0.152. The summed E-state index contributed by atoms with van der Waals surface area (Å²) in [6.45, 7) is 0.939. The normalized spacial score (nSPS) is 14.2. The Bertz CT molecular complexity index is 938. The van der Waals surface area contributed by atoms with Gasteiger partial charge in [0.25, 0.3) is 5.91 Å². The van der Waals surface area contributed by atoms with Gasteiger partial charge in [-0.1, -0.05) is 12.1 Å². The molecule has 3 rings (SSSR count). The number of carbonyl (C=O) groups excluding carboxylic acids is 3. The molecule has 0 fully saturated rings. The Balaban J connectivity index is 1.62. The maximum absolute atomic E-state index is 13.6. The van der Waals surface area contributed by atoms with Gasteiger partial charge >= 0.3 is 5.97 Å². The Morgan fingerprint density at radius 1 is 1.25 bits per heavy atom. The summed E-state index contributed by atoms with van der Waals surface area (Å²) < 4.78 is 31.9. The average molecular weight is 406 g/mol. The van der Waals surface area contributed by atoms with Crippen LogP contribution in [0.1, 0.15) is 6.92 Å². The molecule has 1 N–H and O–H groups in total. The molecular weight excluding hydrogens is 390 g/mol. The van der Waals surface area contributed by atoms with Crippen molar-refractivity contribution in [3.05, 3.63) is 54.1 Å². The van der Waals surface area contributed by atoms with E-state index in [-0.39, 0.29) is 23.9 Å². The highest BCUT2D eigenvalue weighted by molar-refractivity contribution is 8.00. The standard InChI is InChI=1S/C19H16F2N2O4S/c1-11(19(26)22-14-8-12(20)6-7-13(14)21)27-18(25)9-23-15-4-2-3-5-16(15)28-10-17(23)24/h2-8,11H,9-10H2,1H3,(H,22,26)/t11-/m1/s1. The zero-order valence-electron chi connectivity index (χ0n) is 14.8. The summed E-state index contributed by atoms with van der Waals surface area (Å²) in [5, 5.41) is 2.17. The summed E-state index contributed by atoms with van der Waals surface area (Å²) in [7, 11) is 0. The van der Waals surface area contributed by atoms with Crippen molar-refractivity contribution in [1.29, 1.82) is 0 Å². The number of para-hydroxylation sites is 1. The number of anilines is 2. The van der Waals surface area contributed by atoms with Crippen LogP contribution in [0.15, 0.2) is 47.4 Å². The third-order valence-corrected chi connectivity index (χ3v) is 5.01. The second-order valence-corrected chi connectivity index (χ2v) is 7.00. The Labute approximate surface area is 163 Å². The van der Waals surface area contributed by atoms with E-state index in [0.29, 0.717) is 5.69 Å². The molecule has 1 aliphatic heterocycles. The highest BCUT2D eigenvalue weighted by Crippen LogP contribution is 2.34. The van der Waals surface area contributed by atoms with Gasteiger partial charge in [0.15, 0.2) is 6.10 Å². The molecule has 0 saturated heterocycles. The van der Waals surface area contributed by atoms with Crippen molar-refractivity contribution < 1.29 is 27.9 Å². The van der Waals surface area contributed by atoms with Crippen LogP contribution in [0.25, 0.3) is 0 Å². The first-order chi connectivity index (χ1) is 13.3. The van der Waals surface area contributed by atoms with Crippen molar-refractivity contribution in [2.24, 2.45) is 0 Å². The number of rotatable bonds is 5. The maximum Gasteiger partial charge on any atom is 0.326 e. The lowest BCUT2D eigenvalue weighted by Gasteiger charge is -2.28. The minimum Gasteiger partial charge on any atom is -0.451 e. The first-order valence-electron chi connectivity index (χ1n) is 8.32. The van der Waals surface area contributed by atoms with Crippen molar-refractivity contribution in [2.45, 2.75) is 17.9 Å². The Kier molecular flexibility index (Phi) is 5.93. The number of amides is 2. The molecule has 1 heterocycles. The molecule has 1 aliphatic rings. The third kappa shape index (κ3) is 4.48. The van der Waals surface area contributed by atoms with Crippen LogP contribution in [-0.2, 0) is 19.1 Å². The van der Waals surface area contributed by atoms with E-state index in [2.05, 4.69) is 5.32 Å². The summed E-state index contributed by atoms with van der Waals surface area (Å²) >= 11 is 1.38. The van der Waals surface area contributed by atoms with Crippen molar-refractivity contribution in [1.82, 2.24) is 0 Å². The van der Waals surface area contributed by atoms with Crippen molar-refractivity contribution in [3.63, 3.8) is 0 Å². The molecule has 0 spiro atoms. The fraction of sp³-hybridized carbons (Fsp3) is 0.211. The minimum absolute atomic E-state index is 0.194. The summed E-state index contributed by atoms with van der Waals surface area (Å²) in [6, 6.07) is 9.75. The van der Waals surface area contributed by atoms with Gasteiger partial charge in [-0.2, -0.15) is 0 Å². The predicted octanol–water partition coefficient (Wildman–Crippen LogP) is 2.97. The van der Waals surface area contributed by atoms with E-state index in [9.17, 15) is 23.2 Å². The van der Waals surface area contributed by atoms with E-state index in [0.717, 1.165) is 23.1 Å². The number of nitrogens with zero attached hydrogens (tertiary/aromatic N) is 1. The van der Waals surface area contributed by atoms with E-state index in [4.69, 9.17) is 4.74 Å². The number of carbonyl (C=O) groups is 3. The van der Waals surface area contributed by atoms with Crippen LogP contribution in [0.5, 0.6) is 0 Å². The van der Waals surface area contributed by atoms with E-state index in [1.807, 2.05) is 12.1 Å². The van der Waals surface area contributed by atoms with Gasteiger partial charge in [-0.3, -0.25) is 19.3 Å². The monoisotopic (exact) mass is 406 g/mol. The van der Waals surface area contributed by atoms with Gasteiger partial charge < -0.3 is 10.1 Å². The zero-order chi connectivity index (χ0) is 20.3. The van der Waals surface area contributed by atoms with Gasteiger partial charge in [0.2, 0.25) is 5.91 Å². The molecule has 0 aliphatic carbocycles. The summed E-state index contributed by atoms with van der Waals surface area (Å²) in [5.74, 6) is -3.21. The number of thioether (sulfide) groups is 1. The molecule has 2 aromatic rings. The van der Waals surface area contributed by atoms with Crippen LogP contribution in [0.3, 0.4) is 0 Å². The maximum atomic E-state index is 13.6. The van der Waals surface area contributed by atoms with Crippen LogP contribution in [0.2, 0.25) is 0 Å². The van der Waals surface area contributed by atoms with Crippen molar-refractivity contribution >= 4 is 40.9 Å². The molecule has 0 aromatic heterocycles. The molecule has 9 heteroatoms. The molecule has 1 atom stereocenters. The van der Waals surface area contributed by atoms with Gasteiger partial charge in [-0.15, -0.1) is 11.8 Å². The minimum atomic E-state index is -1.26. The van der Waals surface area contributed by atoms with E-state index < -0.39 is 29.6 Å². The van der Waals surface area contributed by atoms with Gasteiger partial charge in [0.1, 0.15) is 18.2 Å². The predicted molar refractivity (Wildman–Crippen MR) is 100 cm³/mol. The summed E-state index contributed by atoms with van der Waals surface area (Å²) in [6.07, 6.45) is -1.26. The molecule has 6 nitrogen and oxygen atoms in total. The number of hydrogen-bond donors (Lipinski definition) is 1. The number of benzene rings is 2. The Hall–Kier alpha value is -2.94. The van der Waals surface area contributed by atoms with Gasteiger partial charge in [0.05, 0.1) is 17.1 Å². The number of ether oxygens (including phenoxy) is 1. The molecular formula is C19H16F2N2O4S. The third-order valence-electron chi connectivity index (χ3n) is 3.96. The number of halogens is 2. The lowest BCUT2D eigenvalue weighted by atomic mass is 10.2. The molecule has 0 unspecified atom stereocenters. The smallest absolute Gasteiger partial charge is 0.326 e. The quantitative estimate of drug-likeness (QED) is 0.773. The van der Waals surface area contributed by atoms with E-state index in [1.165, 1.54) is 23.6 Å². The number of esters is 1. The first-order valence-corrected chi connectivity index (χ1v) is 9.31. The van der Waals surface area contributed by atoms with Crippen molar-refractivity contribution in [3.8, 4) is 0 Å². The average Bonchev–Trinajstić information content (AvgIpc) is 2.67. The molecule has 0 saturated carbocycles. The number of fused-ring (bicyclic) bond motifs is 1. The lowest BCUT2D eigenvalue weighted by Crippen LogP contribution is -2.41. The van der Waals surface area contributed by atoms with Crippen LogP contribution < -0.4 is 10.2 Å². The molecule has 28 heavy (non-hydrogen) atoms. The van der Waals surface area contributed by atoms with Gasteiger partial charge in [0, 0.05) is 11.0 Å². The van der Waals surface area contributed by atoms with Crippen LogP contribution >= 0.6 is 11.8 Å². The van der Waals surface area contributed by atoms with Crippen LogP contribution in [-0.4, -0.2) is 36.2 Å². The molecule has 2 amide bonds. The summed E-state index contributed by atoms with van der Waals surface area (Å²) in [4.78, 5) is 38.6. The fourth-order valence-corrected chi connectivity index (χ4v) is 3.51. The molecule has 0 radical (unpaired) electrons. The fourth-order valence-electron chi connectivity index (χ4n) is 2.57. The molecule has 2 aromatic carbocycles. The number of nitrogens with one attached hydrogen (secondary N) is 1. The Morgan fingerprint density at radius 2 is 2.00 bits per heavy atom. The second-order valence-electron chi connectivity index (χ2n) is 5.98. The van der Waals surface area contributed by atoms with Crippen LogP contribution in [0.4, 0.5) is 20.2 Å². The SMILES string of the molecule is C[C@@H](OC(=O)CN1C(=O)CSc2ccccc21)C(=O)Nc1cc(F)ccc1F. The topological polar surface area (TPSA) is 75.7 Å². The van der Waals surface area contributed by atoms with Gasteiger partial charge in [-0.25, -0.2) is 8.78 Å².